The Morgan fingerprint density at radius 1 is 0.842 bits per heavy atom. The summed E-state index contributed by atoms with van der Waals surface area (Å²) >= 11 is 0. The highest BCUT2D eigenvalue weighted by Gasteiger charge is 2.12. The molecule has 1 N–H and O–H groups in total. The van der Waals surface area contributed by atoms with Crippen LogP contribution in [0, 0.1) is 6.92 Å². The van der Waals surface area contributed by atoms with Crippen molar-refractivity contribution in [2.45, 2.75) is 19.6 Å². The maximum absolute atomic E-state index is 12.4. The Labute approximate surface area is 223 Å². The van der Waals surface area contributed by atoms with Gasteiger partial charge in [-0.2, -0.15) is 0 Å². The summed E-state index contributed by atoms with van der Waals surface area (Å²) in [7, 11) is 1.94. The van der Waals surface area contributed by atoms with Gasteiger partial charge in [-0.1, -0.05) is 54.6 Å². The second kappa shape index (κ2) is 13.2. The van der Waals surface area contributed by atoms with Crippen molar-refractivity contribution in [2.75, 3.05) is 20.3 Å². The van der Waals surface area contributed by atoms with Gasteiger partial charge in [-0.3, -0.25) is 4.79 Å². The van der Waals surface area contributed by atoms with Gasteiger partial charge in [-0.25, -0.2) is 4.79 Å². The van der Waals surface area contributed by atoms with Gasteiger partial charge in [0, 0.05) is 5.56 Å². The molecule has 0 saturated heterocycles. The molecule has 0 aliphatic carbocycles. The van der Waals surface area contributed by atoms with Gasteiger partial charge in [-0.05, 0) is 78.7 Å². The molecule has 0 bridgehead atoms. The Morgan fingerprint density at radius 2 is 1.61 bits per heavy atom. The highest BCUT2D eigenvalue weighted by molar-refractivity contribution is 5.89. The minimum absolute atomic E-state index is 0.0717. The van der Waals surface area contributed by atoms with E-state index < -0.39 is 5.97 Å². The molecule has 38 heavy (non-hydrogen) atoms. The summed E-state index contributed by atoms with van der Waals surface area (Å²) in [6.07, 6.45) is 0.792. The van der Waals surface area contributed by atoms with Crippen LogP contribution in [-0.4, -0.2) is 32.5 Å². The number of hydrogen-bond donors (Lipinski definition) is 1. The molecule has 0 saturated carbocycles. The van der Waals surface area contributed by atoms with Gasteiger partial charge in [0.05, 0.1) is 11.6 Å². The van der Waals surface area contributed by atoms with Crippen LogP contribution < -0.4 is 14.8 Å². The molecule has 0 aliphatic heterocycles. The Balaban J connectivity index is 1.26. The minimum atomic E-state index is -0.416. The lowest BCUT2D eigenvalue weighted by molar-refractivity contribution is 0.0450. The zero-order valence-corrected chi connectivity index (χ0v) is 21.6. The van der Waals surface area contributed by atoms with Crippen molar-refractivity contribution in [1.29, 1.82) is 0 Å². The van der Waals surface area contributed by atoms with Crippen LogP contribution in [-0.2, 0) is 11.3 Å². The normalized spacial score (nSPS) is 11.4. The second-order valence-electron chi connectivity index (χ2n) is 8.82. The number of carbonyl (C=O) groups is 2. The van der Waals surface area contributed by atoms with Crippen LogP contribution in [0.15, 0.2) is 97.1 Å². The molecule has 0 aliphatic rings. The summed E-state index contributed by atoms with van der Waals surface area (Å²) in [5.41, 5.74) is 5.15. The molecule has 1 unspecified atom stereocenters. The van der Waals surface area contributed by atoms with E-state index in [0.29, 0.717) is 23.5 Å². The van der Waals surface area contributed by atoms with E-state index in [4.69, 9.17) is 14.2 Å². The van der Waals surface area contributed by atoms with Gasteiger partial charge < -0.3 is 19.5 Å². The average molecular weight is 510 g/mol. The SMILES string of the molecule is CNC(c1ccccc1)c1cccc(OCc2ccc(C(=O)OCCOc3ccc(C=O)cc3C)cc2)c1. The first kappa shape index (κ1) is 26.6. The van der Waals surface area contributed by atoms with Crippen LogP contribution in [0.4, 0.5) is 0 Å². The summed E-state index contributed by atoms with van der Waals surface area (Å²) in [6, 6.07) is 30.7. The number of aryl methyl sites for hydroxylation is 1. The standard InChI is InChI=1S/C32H31NO5/c1-23-19-25(21-34)13-16-30(23)36-17-18-37-32(35)27-14-11-24(12-15-27)22-38-29-10-6-9-28(20-29)31(33-2)26-7-4-3-5-8-26/h3-16,19-21,31,33H,17-18,22H2,1-2H3. The third kappa shape index (κ3) is 7.08. The van der Waals surface area contributed by atoms with E-state index in [-0.39, 0.29) is 19.3 Å². The van der Waals surface area contributed by atoms with Crippen LogP contribution in [0.2, 0.25) is 0 Å². The molecule has 0 fully saturated rings. The molecule has 194 valence electrons. The molecule has 0 amide bonds. The van der Waals surface area contributed by atoms with Gasteiger partial charge >= 0.3 is 5.97 Å². The Hall–Kier alpha value is -4.42. The van der Waals surface area contributed by atoms with Crippen LogP contribution >= 0.6 is 0 Å². The van der Waals surface area contributed by atoms with Crippen molar-refractivity contribution in [3.8, 4) is 11.5 Å². The number of nitrogens with one attached hydrogen (secondary N) is 1. The molecule has 0 aromatic heterocycles. The lowest BCUT2D eigenvalue weighted by atomic mass is 9.99. The number of aldehydes is 1. The van der Waals surface area contributed by atoms with Gasteiger partial charge in [0.15, 0.2) is 0 Å². The first-order chi connectivity index (χ1) is 18.6. The largest absolute Gasteiger partial charge is 0.490 e. The maximum Gasteiger partial charge on any atom is 0.338 e. The predicted octanol–water partition coefficient (Wildman–Crippen LogP) is 5.93. The number of carbonyl (C=O) groups excluding carboxylic acids is 2. The zero-order valence-electron chi connectivity index (χ0n) is 21.6. The molecule has 6 heteroatoms. The summed E-state index contributed by atoms with van der Waals surface area (Å²) < 4.78 is 17.0. The molecule has 6 nitrogen and oxygen atoms in total. The van der Waals surface area contributed by atoms with E-state index in [1.54, 1.807) is 30.3 Å². The van der Waals surface area contributed by atoms with Gasteiger partial charge in [0.2, 0.25) is 0 Å². The number of ether oxygens (including phenoxy) is 3. The van der Waals surface area contributed by atoms with Gasteiger partial charge in [0.25, 0.3) is 0 Å². The predicted molar refractivity (Wildman–Crippen MR) is 147 cm³/mol. The molecule has 4 aromatic carbocycles. The van der Waals surface area contributed by atoms with Crippen molar-refractivity contribution < 1.29 is 23.8 Å². The fourth-order valence-corrected chi connectivity index (χ4v) is 4.14. The van der Waals surface area contributed by atoms with Crippen LogP contribution in [0.25, 0.3) is 0 Å². The monoisotopic (exact) mass is 509 g/mol. The summed E-state index contributed by atoms with van der Waals surface area (Å²) in [5, 5.41) is 3.37. The number of rotatable bonds is 12. The van der Waals surface area contributed by atoms with Crippen molar-refractivity contribution in [2.24, 2.45) is 0 Å². The zero-order chi connectivity index (χ0) is 26.7. The maximum atomic E-state index is 12.4. The molecule has 4 aromatic rings. The highest BCUT2D eigenvalue weighted by Crippen LogP contribution is 2.25. The number of hydrogen-bond acceptors (Lipinski definition) is 6. The number of esters is 1. The quantitative estimate of drug-likeness (QED) is 0.145. The Morgan fingerprint density at radius 3 is 2.32 bits per heavy atom. The topological polar surface area (TPSA) is 73.9 Å². The third-order valence-corrected chi connectivity index (χ3v) is 6.12. The molecule has 4 rings (SSSR count). The molecule has 0 radical (unpaired) electrons. The second-order valence-corrected chi connectivity index (χ2v) is 8.82. The van der Waals surface area contributed by atoms with Crippen molar-refractivity contribution >= 4 is 12.3 Å². The number of benzene rings is 4. The molecular weight excluding hydrogens is 478 g/mol. The van der Waals surface area contributed by atoms with E-state index in [2.05, 4.69) is 23.5 Å². The smallest absolute Gasteiger partial charge is 0.338 e. The molecule has 0 heterocycles. The highest BCUT2D eigenvalue weighted by atomic mass is 16.6. The Bertz CT molecular complexity index is 1350. The van der Waals surface area contributed by atoms with Crippen molar-refractivity contribution in [3.63, 3.8) is 0 Å². The van der Waals surface area contributed by atoms with E-state index in [9.17, 15) is 9.59 Å². The lowest BCUT2D eigenvalue weighted by Gasteiger charge is -2.18. The van der Waals surface area contributed by atoms with E-state index in [1.807, 2.05) is 62.5 Å². The lowest BCUT2D eigenvalue weighted by Crippen LogP contribution is -2.17. The first-order valence-corrected chi connectivity index (χ1v) is 12.5. The first-order valence-electron chi connectivity index (χ1n) is 12.5. The van der Waals surface area contributed by atoms with Crippen LogP contribution in [0.5, 0.6) is 11.5 Å². The van der Waals surface area contributed by atoms with Gasteiger partial charge in [0.1, 0.15) is 37.6 Å². The fourth-order valence-electron chi connectivity index (χ4n) is 4.14. The van der Waals surface area contributed by atoms with E-state index in [0.717, 1.165) is 28.7 Å². The van der Waals surface area contributed by atoms with E-state index >= 15 is 0 Å². The molecule has 1 atom stereocenters. The van der Waals surface area contributed by atoms with Crippen LogP contribution in [0.1, 0.15) is 49.0 Å². The summed E-state index contributed by atoms with van der Waals surface area (Å²) in [4.78, 5) is 23.2. The minimum Gasteiger partial charge on any atom is -0.490 e. The summed E-state index contributed by atoms with van der Waals surface area (Å²) in [5.74, 6) is 1.02. The average Bonchev–Trinajstić information content (AvgIpc) is 2.96. The van der Waals surface area contributed by atoms with Gasteiger partial charge in [-0.15, -0.1) is 0 Å². The Kier molecular flexibility index (Phi) is 9.27. The van der Waals surface area contributed by atoms with Crippen molar-refractivity contribution in [3.05, 3.63) is 130 Å². The molecular formula is C32H31NO5. The van der Waals surface area contributed by atoms with Crippen molar-refractivity contribution in [1.82, 2.24) is 5.32 Å². The van der Waals surface area contributed by atoms with E-state index in [1.165, 1.54) is 5.56 Å². The molecule has 0 spiro atoms. The summed E-state index contributed by atoms with van der Waals surface area (Å²) in [6.45, 7) is 2.58. The van der Waals surface area contributed by atoms with Crippen LogP contribution in [0.3, 0.4) is 0 Å². The third-order valence-electron chi connectivity index (χ3n) is 6.12. The fraction of sp³-hybridized carbons (Fsp3) is 0.188.